The molecule has 1 aliphatic rings. The Morgan fingerprint density at radius 1 is 1.05 bits per heavy atom. The Labute approximate surface area is 126 Å². The van der Waals surface area contributed by atoms with E-state index in [1.54, 1.807) is 0 Å². The van der Waals surface area contributed by atoms with Crippen LogP contribution in [0, 0.1) is 0 Å². The third-order valence-electron chi connectivity index (χ3n) is 4.49. The van der Waals surface area contributed by atoms with Crippen molar-refractivity contribution in [1.82, 2.24) is 9.55 Å². The topological polar surface area (TPSA) is 38.0 Å². The minimum absolute atomic E-state index is 0.213. The maximum atomic E-state index is 10.3. The van der Waals surface area contributed by atoms with Gasteiger partial charge in [-0.2, -0.15) is 0 Å². The molecule has 1 saturated carbocycles. The van der Waals surface area contributed by atoms with E-state index in [-0.39, 0.29) is 12.1 Å². The van der Waals surface area contributed by atoms with E-state index in [1.807, 2.05) is 12.4 Å². The first-order chi connectivity index (χ1) is 10.3. The normalized spacial score (nSPS) is 22.9. The molecule has 0 aliphatic heterocycles. The third kappa shape index (κ3) is 3.73. The van der Waals surface area contributed by atoms with Crippen molar-refractivity contribution < 1.29 is 5.11 Å². The fourth-order valence-electron chi connectivity index (χ4n) is 3.22. The summed E-state index contributed by atoms with van der Waals surface area (Å²) in [6.07, 6.45) is 11.4. The largest absolute Gasteiger partial charge is 0.391 e. The van der Waals surface area contributed by atoms with Gasteiger partial charge in [-0.25, -0.2) is 4.98 Å². The second-order valence-corrected chi connectivity index (χ2v) is 6.07. The standard InChI is InChI=1S/C18H24N2O/c21-18-10-6-2-5-9-17(18)20-13-16(19-14-20)12-11-15-7-3-1-4-8-15/h1,3-4,7-8,13-14,17-18,21H,2,5-6,9-12H2/t17-,18+/m1/s1. The number of aliphatic hydroxyl groups excluding tert-OH is 1. The lowest BCUT2D eigenvalue weighted by Gasteiger charge is -2.21. The SMILES string of the molecule is O[C@H]1CCCCC[C@H]1n1cnc(CCc2ccccc2)c1. The molecule has 0 saturated heterocycles. The molecule has 1 aromatic carbocycles. The molecular formula is C18H24N2O. The molecule has 1 aromatic heterocycles. The molecule has 21 heavy (non-hydrogen) atoms. The first-order valence-corrected chi connectivity index (χ1v) is 8.07. The van der Waals surface area contributed by atoms with E-state index < -0.39 is 0 Å². The van der Waals surface area contributed by atoms with Crippen LogP contribution in [0.4, 0.5) is 0 Å². The van der Waals surface area contributed by atoms with Gasteiger partial charge in [0.05, 0.1) is 24.2 Å². The smallest absolute Gasteiger partial charge is 0.0952 e. The summed E-state index contributed by atoms with van der Waals surface area (Å²) in [6.45, 7) is 0. The Kier molecular flexibility index (Phi) is 4.71. The van der Waals surface area contributed by atoms with Gasteiger partial charge >= 0.3 is 0 Å². The first-order valence-electron chi connectivity index (χ1n) is 8.07. The predicted octanol–water partition coefficient (Wildman–Crippen LogP) is 3.53. The third-order valence-corrected chi connectivity index (χ3v) is 4.49. The Hall–Kier alpha value is -1.61. The van der Waals surface area contributed by atoms with Gasteiger partial charge in [-0.3, -0.25) is 0 Å². The van der Waals surface area contributed by atoms with Gasteiger partial charge in [0.25, 0.3) is 0 Å². The summed E-state index contributed by atoms with van der Waals surface area (Å²) in [7, 11) is 0. The molecule has 2 atom stereocenters. The van der Waals surface area contributed by atoms with Crippen LogP contribution < -0.4 is 0 Å². The molecule has 1 aliphatic carbocycles. The summed E-state index contributed by atoms with van der Waals surface area (Å²) in [5.74, 6) is 0. The maximum absolute atomic E-state index is 10.3. The Balaban J connectivity index is 1.62. The van der Waals surface area contributed by atoms with E-state index in [4.69, 9.17) is 0 Å². The minimum Gasteiger partial charge on any atom is -0.391 e. The highest BCUT2D eigenvalue weighted by molar-refractivity contribution is 5.16. The number of aryl methyl sites for hydroxylation is 2. The van der Waals surface area contributed by atoms with Crippen LogP contribution in [0.1, 0.15) is 49.4 Å². The van der Waals surface area contributed by atoms with Gasteiger partial charge in [-0.1, -0.05) is 49.6 Å². The highest BCUT2D eigenvalue weighted by atomic mass is 16.3. The predicted molar refractivity (Wildman–Crippen MR) is 84.2 cm³/mol. The number of hydrogen-bond acceptors (Lipinski definition) is 2. The average molecular weight is 284 g/mol. The molecule has 1 fully saturated rings. The molecular weight excluding hydrogens is 260 g/mol. The van der Waals surface area contributed by atoms with Gasteiger partial charge in [0.1, 0.15) is 0 Å². The van der Waals surface area contributed by atoms with Crippen LogP contribution in [0.5, 0.6) is 0 Å². The maximum Gasteiger partial charge on any atom is 0.0952 e. The van der Waals surface area contributed by atoms with Crippen LogP contribution in [-0.2, 0) is 12.8 Å². The van der Waals surface area contributed by atoms with E-state index in [9.17, 15) is 5.11 Å². The van der Waals surface area contributed by atoms with Gasteiger partial charge in [0.15, 0.2) is 0 Å². The van der Waals surface area contributed by atoms with Crippen LogP contribution >= 0.6 is 0 Å². The van der Waals surface area contributed by atoms with Crippen molar-refractivity contribution in [1.29, 1.82) is 0 Å². The Morgan fingerprint density at radius 2 is 1.86 bits per heavy atom. The molecule has 1 N–H and O–H groups in total. The number of nitrogens with zero attached hydrogens (tertiary/aromatic N) is 2. The summed E-state index contributed by atoms with van der Waals surface area (Å²) >= 11 is 0. The number of aliphatic hydroxyl groups is 1. The van der Waals surface area contributed by atoms with Gasteiger partial charge in [0.2, 0.25) is 0 Å². The fourth-order valence-corrected chi connectivity index (χ4v) is 3.22. The van der Waals surface area contributed by atoms with Crippen LogP contribution in [0.25, 0.3) is 0 Å². The molecule has 0 spiro atoms. The van der Waals surface area contributed by atoms with E-state index in [0.29, 0.717) is 0 Å². The van der Waals surface area contributed by atoms with Crippen molar-refractivity contribution in [2.45, 2.75) is 57.1 Å². The summed E-state index contributed by atoms with van der Waals surface area (Å²) in [4.78, 5) is 4.52. The molecule has 0 bridgehead atoms. The zero-order valence-corrected chi connectivity index (χ0v) is 12.5. The molecule has 0 unspecified atom stereocenters. The van der Waals surface area contributed by atoms with Crippen molar-refractivity contribution >= 4 is 0 Å². The number of imidazole rings is 1. The monoisotopic (exact) mass is 284 g/mol. The number of rotatable bonds is 4. The second-order valence-electron chi connectivity index (χ2n) is 6.07. The van der Waals surface area contributed by atoms with Crippen molar-refractivity contribution in [3.8, 4) is 0 Å². The zero-order valence-electron chi connectivity index (χ0n) is 12.5. The zero-order chi connectivity index (χ0) is 14.5. The van der Waals surface area contributed by atoms with Crippen LogP contribution in [0.15, 0.2) is 42.9 Å². The van der Waals surface area contributed by atoms with Crippen LogP contribution in [0.3, 0.4) is 0 Å². The first kappa shape index (κ1) is 14.3. The Morgan fingerprint density at radius 3 is 2.71 bits per heavy atom. The lowest BCUT2D eigenvalue weighted by Crippen LogP contribution is -2.21. The van der Waals surface area contributed by atoms with Crippen LogP contribution in [0.2, 0.25) is 0 Å². The van der Waals surface area contributed by atoms with Gasteiger partial charge in [-0.15, -0.1) is 0 Å². The van der Waals surface area contributed by atoms with E-state index in [2.05, 4.69) is 40.0 Å². The molecule has 3 heteroatoms. The Bertz CT molecular complexity index is 549. The fraction of sp³-hybridized carbons (Fsp3) is 0.500. The molecule has 3 nitrogen and oxygen atoms in total. The number of hydrogen-bond donors (Lipinski definition) is 1. The van der Waals surface area contributed by atoms with Crippen molar-refractivity contribution in [2.24, 2.45) is 0 Å². The summed E-state index contributed by atoms with van der Waals surface area (Å²) < 4.78 is 2.14. The van der Waals surface area contributed by atoms with E-state index in [1.165, 1.54) is 18.4 Å². The molecule has 2 aromatic rings. The quantitative estimate of drug-likeness (QED) is 0.872. The molecule has 1 heterocycles. The van der Waals surface area contributed by atoms with Crippen molar-refractivity contribution in [3.05, 3.63) is 54.1 Å². The molecule has 112 valence electrons. The number of benzene rings is 1. The molecule has 3 rings (SSSR count). The summed E-state index contributed by atoms with van der Waals surface area (Å²) in [5.41, 5.74) is 2.47. The summed E-state index contributed by atoms with van der Waals surface area (Å²) in [5, 5.41) is 10.3. The summed E-state index contributed by atoms with van der Waals surface area (Å²) in [6, 6.07) is 10.7. The second kappa shape index (κ2) is 6.90. The van der Waals surface area contributed by atoms with Crippen molar-refractivity contribution in [3.63, 3.8) is 0 Å². The highest BCUT2D eigenvalue weighted by Crippen LogP contribution is 2.27. The number of aromatic nitrogens is 2. The molecule has 0 radical (unpaired) electrons. The van der Waals surface area contributed by atoms with E-state index >= 15 is 0 Å². The minimum atomic E-state index is -0.219. The average Bonchev–Trinajstić information content (AvgIpc) is 2.88. The van der Waals surface area contributed by atoms with Crippen molar-refractivity contribution in [2.75, 3.05) is 0 Å². The highest BCUT2D eigenvalue weighted by Gasteiger charge is 2.23. The van der Waals surface area contributed by atoms with Gasteiger partial charge in [0, 0.05) is 6.20 Å². The lowest BCUT2D eigenvalue weighted by atomic mass is 10.1. The molecule has 0 amide bonds. The lowest BCUT2D eigenvalue weighted by molar-refractivity contribution is 0.105. The van der Waals surface area contributed by atoms with E-state index in [0.717, 1.165) is 37.8 Å². The van der Waals surface area contributed by atoms with Crippen LogP contribution in [-0.4, -0.2) is 20.8 Å². The van der Waals surface area contributed by atoms with Gasteiger partial charge < -0.3 is 9.67 Å². The van der Waals surface area contributed by atoms with Gasteiger partial charge in [-0.05, 0) is 31.2 Å².